The number of hydrogen-bond acceptors (Lipinski definition) is 4. The zero-order valence-electron chi connectivity index (χ0n) is 15.8. The maximum atomic E-state index is 5.86. The summed E-state index contributed by atoms with van der Waals surface area (Å²) in [6.07, 6.45) is 4.50. The van der Waals surface area contributed by atoms with E-state index in [4.69, 9.17) is 19.6 Å². The summed E-state index contributed by atoms with van der Waals surface area (Å²) in [5.41, 5.74) is -0.666. The average Bonchev–Trinajstić information content (AvgIpc) is 2.43. The Bertz CT molecular complexity index is 306. The molecule has 132 valence electrons. The van der Waals surface area contributed by atoms with Crippen LogP contribution in [0.3, 0.4) is 0 Å². The van der Waals surface area contributed by atoms with Gasteiger partial charge >= 0.3 is 0 Å². The monoisotopic (exact) mass is 316 g/mol. The molecule has 0 N–H and O–H groups in total. The molecule has 4 heteroatoms. The molecule has 0 aromatic heterocycles. The smallest absolute Gasteiger partial charge is 0.228 e. The lowest BCUT2D eigenvalue weighted by Crippen LogP contribution is -2.46. The van der Waals surface area contributed by atoms with Crippen LogP contribution in [0.5, 0.6) is 0 Å². The van der Waals surface area contributed by atoms with Gasteiger partial charge in [-0.25, -0.2) is 9.78 Å². The Hall–Kier alpha value is -0.160. The third-order valence-electron chi connectivity index (χ3n) is 4.66. The molecule has 0 amide bonds. The van der Waals surface area contributed by atoms with Crippen molar-refractivity contribution in [2.75, 3.05) is 0 Å². The molecule has 2 atom stereocenters. The molecule has 0 aromatic rings. The molecule has 0 radical (unpaired) electrons. The molecule has 0 heterocycles. The zero-order chi connectivity index (χ0) is 17.0. The topological polar surface area (TPSA) is 36.9 Å². The van der Waals surface area contributed by atoms with Crippen molar-refractivity contribution >= 4 is 0 Å². The van der Waals surface area contributed by atoms with Crippen LogP contribution >= 0.6 is 0 Å². The van der Waals surface area contributed by atoms with Crippen molar-refractivity contribution in [3.63, 3.8) is 0 Å². The van der Waals surface area contributed by atoms with Gasteiger partial charge in [0.05, 0.1) is 11.2 Å². The number of hydrogen-bond donors (Lipinski definition) is 0. The van der Waals surface area contributed by atoms with E-state index >= 15 is 0 Å². The highest BCUT2D eigenvalue weighted by Gasteiger charge is 2.45. The van der Waals surface area contributed by atoms with Gasteiger partial charge in [0, 0.05) is 12.8 Å². The molecule has 4 nitrogen and oxygen atoms in total. The van der Waals surface area contributed by atoms with Crippen molar-refractivity contribution in [2.45, 2.75) is 104 Å². The summed E-state index contributed by atoms with van der Waals surface area (Å²) < 4.78 is 0. The van der Waals surface area contributed by atoms with Gasteiger partial charge in [-0.1, -0.05) is 27.7 Å². The molecular formula is C18H36O4. The summed E-state index contributed by atoms with van der Waals surface area (Å²) in [7, 11) is 0. The number of rotatable bonds is 8. The summed E-state index contributed by atoms with van der Waals surface area (Å²) >= 11 is 0. The van der Waals surface area contributed by atoms with Crippen molar-refractivity contribution in [3.8, 4) is 0 Å². The summed E-state index contributed by atoms with van der Waals surface area (Å²) in [4.78, 5) is 23.1. The van der Waals surface area contributed by atoms with Gasteiger partial charge in [-0.3, -0.25) is 0 Å². The summed E-state index contributed by atoms with van der Waals surface area (Å²) in [6, 6.07) is 0. The predicted octanol–water partition coefficient (Wildman–Crippen LogP) is 5.41. The lowest BCUT2D eigenvalue weighted by molar-refractivity contribution is -0.551. The molecule has 22 heavy (non-hydrogen) atoms. The fourth-order valence-corrected chi connectivity index (χ4v) is 2.64. The van der Waals surface area contributed by atoms with Crippen LogP contribution in [-0.4, -0.2) is 17.0 Å². The Morgan fingerprint density at radius 1 is 0.818 bits per heavy atom. The molecule has 0 bridgehead atoms. The van der Waals surface area contributed by atoms with Gasteiger partial charge in [0.25, 0.3) is 0 Å². The highest BCUT2D eigenvalue weighted by Crippen LogP contribution is 2.41. The molecule has 1 saturated carbocycles. The van der Waals surface area contributed by atoms with E-state index in [2.05, 4.69) is 27.7 Å². The Labute approximate surface area is 136 Å². The van der Waals surface area contributed by atoms with Crippen molar-refractivity contribution in [2.24, 2.45) is 11.8 Å². The van der Waals surface area contributed by atoms with Crippen molar-refractivity contribution < 1.29 is 19.6 Å². The average molecular weight is 316 g/mol. The van der Waals surface area contributed by atoms with Crippen molar-refractivity contribution in [1.82, 2.24) is 0 Å². The van der Waals surface area contributed by atoms with Gasteiger partial charge in [0.15, 0.2) is 0 Å². The SMILES string of the molecule is CCC(C)(C)OOC1(OOC(C)(C)CC)CC(C)CC(C)C1. The molecule has 2 unspecified atom stereocenters. The van der Waals surface area contributed by atoms with Crippen LogP contribution < -0.4 is 0 Å². The Balaban J connectivity index is 2.80. The van der Waals surface area contributed by atoms with Crippen LogP contribution in [0.25, 0.3) is 0 Å². The summed E-state index contributed by atoms with van der Waals surface area (Å²) in [5, 5.41) is 0. The zero-order valence-corrected chi connectivity index (χ0v) is 15.8. The molecule has 0 saturated heterocycles. The van der Waals surface area contributed by atoms with Gasteiger partial charge in [-0.15, -0.1) is 0 Å². The Morgan fingerprint density at radius 3 is 1.50 bits per heavy atom. The van der Waals surface area contributed by atoms with Crippen LogP contribution in [-0.2, 0) is 19.6 Å². The molecular weight excluding hydrogens is 280 g/mol. The predicted molar refractivity (Wildman–Crippen MR) is 88.0 cm³/mol. The molecule has 1 fully saturated rings. The van der Waals surface area contributed by atoms with E-state index in [1.807, 2.05) is 27.7 Å². The maximum Gasteiger partial charge on any atom is 0.234 e. The highest BCUT2D eigenvalue weighted by atomic mass is 17.3. The highest BCUT2D eigenvalue weighted by molar-refractivity contribution is 4.81. The minimum absolute atomic E-state index is 0.333. The molecule has 0 aliphatic heterocycles. The van der Waals surface area contributed by atoms with Crippen LogP contribution in [0.15, 0.2) is 0 Å². The van der Waals surface area contributed by atoms with Gasteiger partial charge in [-0.2, -0.15) is 9.78 Å². The minimum Gasteiger partial charge on any atom is -0.228 e. The second-order valence-electron chi connectivity index (χ2n) is 8.32. The van der Waals surface area contributed by atoms with Crippen LogP contribution in [0.1, 0.15) is 87.5 Å². The summed E-state index contributed by atoms with van der Waals surface area (Å²) in [6.45, 7) is 16.7. The van der Waals surface area contributed by atoms with E-state index in [0.717, 1.165) is 25.7 Å². The van der Waals surface area contributed by atoms with E-state index in [9.17, 15) is 0 Å². The maximum absolute atomic E-state index is 5.86. The van der Waals surface area contributed by atoms with E-state index in [1.165, 1.54) is 6.42 Å². The standard InChI is InChI=1S/C18H36O4/c1-9-16(5,6)19-21-18(22-20-17(7,8)10-2)12-14(3)11-15(4)13-18/h14-15H,9-13H2,1-8H3. The van der Waals surface area contributed by atoms with Crippen molar-refractivity contribution in [1.29, 1.82) is 0 Å². The molecule has 0 aromatic carbocycles. The van der Waals surface area contributed by atoms with Gasteiger partial charge in [0.1, 0.15) is 0 Å². The van der Waals surface area contributed by atoms with Crippen molar-refractivity contribution in [3.05, 3.63) is 0 Å². The first-order valence-corrected chi connectivity index (χ1v) is 8.77. The molecule has 1 rings (SSSR count). The largest absolute Gasteiger partial charge is 0.234 e. The summed E-state index contributed by atoms with van der Waals surface area (Å²) in [5.74, 6) is 0.228. The minimum atomic E-state index is -0.810. The first-order valence-electron chi connectivity index (χ1n) is 8.77. The van der Waals surface area contributed by atoms with Gasteiger partial charge in [0.2, 0.25) is 5.79 Å². The molecule has 1 aliphatic rings. The van der Waals surface area contributed by atoms with Gasteiger partial charge in [-0.05, 0) is 58.8 Å². The van der Waals surface area contributed by atoms with Crippen LogP contribution in [0, 0.1) is 11.8 Å². The van der Waals surface area contributed by atoms with E-state index < -0.39 is 5.79 Å². The molecule has 1 aliphatic carbocycles. The van der Waals surface area contributed by atoms with Gasteiger partial charge < -0.3 is 0 Å². The van der Waals surface area contributed by atoms with E-state index in [1.54, 1.807) is 0 Å². The van der Waals surface area contributed by atoms with Crippen LogP contribution in [0.4, 0.5) is 0 Å². The Kier molecular flexibility index (Phi) is 6.88. The first kappa shape index (κ1) is 19.9. The lowest BCUT2D eigenvalue weighted by Gasteiger charge is -2.42. The molecule has 0 spiro atoms. The fraction of sp³-hybridized carbons (Fsp3) is 1.00. The third kappa shape index (κ3) is 6.15. The van der Waals surface area contributed by atoms with E-state index in [0.29, 0.717) is 11.8 Å². The normalized spacial score (nSPS) is 26.2. The third-order valence-corrected chi connectivity index (χ3v) is 4.66. The second-order valence-corrected chi connectivity index (χ2v) is 8.32. The second kappa shape index (κ2) is 7.61. The quantitative estimate of drug-likeness (QED) is 0.341. The first-order chi connectivity index (χ1) is 10.0. The Morgan fingerprint density at radius 2 is 1.18 bits per heavy atom. The fourth-order valence-electron chi connectivity index (χ4n) is 2.64. The van der Waals surface area contributed by atoms with Crippen LogP contribution in [0.2, 0.25) is 0 Å². The lowest BCUT2D eigenvalue weighted by atomic mass is 9.79. The van der Waals surface area contributed by atoms with E-state index in [-0.39, 0.29) is 11.2 Å².